The molecule has 3 heteroatoms. The summed E-state index contributed by atoms with van der Waals surface area (Å²) in [4.78, 5) is 11.9. The third-order valence-electron chi connectivity index (χ3n) is 3.28. The lowest BCUT2D eigenvalue weighted by molar-refractivity contribution is 0.0911. The van der Waals surface area contributed by atoms with Gasteiger partial charge in [0, 0.05) is 5.92 Å². The zero-order chi connectivity index (χ0) is 11.9. The molecule has 1 unspecified atom stereocenters. The summed E-state index contributed by atoms with van der Waals surface area (Å²) in [6.45, 7) is 3.27. The molecular weight excluding hydrogens is 210 g/mol. The van der Waals surface area contributed by atoms with Gasteiger partial charge < -0.3 is 0 Å². The third-order valence-corrected chi connectivity index (χ3v) is 3.28. The molecule has 1 saturated carbocycles. The normalized spacial score (nSPS) is 17.2. The fourth-order valence-electron chi connectivity index (χ4n) is 1.89. The highest BCUT2D eigenvalue weighted by Crippen LogP contribution is 2.38. The van der Waals surface area contributed by atoms with Crippen LogP contribution in [0.25, 0.3) is 0 Å². The van der Waals surface area contributed by atoms with Crippen LogP contribution in [0.4, 0.5) is 8.78 Å². The lowest BCUT2D eigenvalue weighted by atomic mass is 9.94. The molecule has 0 N–H and O–H groups in total. The molecule has 1 aromatic carbocycles. The summed E-state index contributed by atoms with van der Waals surface area (Å²) in [5.74, 6) is -2.03. The van der Waals surface area contributed by atoms with Crippen molar-refractivity contribution in [2.45, 2.75) is 26.7 Å². The summed E-state index contributed by atoms with van der Waals surface area (Å²) in [5, 5.41) is 0. The van der Waals surface area contributed by atoms with E-state index in [4.69, 9.17) is 0 Å². The van der Waals surface area contributed by atoms with Gasteiger partial charge in [0.05, 0.1) is 5.56 Å². The molecule has 0 aromatic heterocycles. The molecule has 0 radical (unpaired) electrons. The Labute approximate surface area is 93.5 Å². The average molecular weight is 224 g/mol. The van der Waals surface area contributed by atoms with Gasteiger partial charge in [-0.3, -0.25) is 4.79 Å². The van der Waals surface area contributed by atoms with Crippen molar-refractivity contribution in [1.29, 1.82) is 0 Å². The number of carbonyl (C=O) groups is 1. The zero-order valence-corrected chi connectivity index (χ0v) is 9.39. The highest BCUT2D eigenvalue weighted by molar-refractivity contribution is 5.98. The van der Waals surface area contributed by atoms with Crippen molar-refractivity contribution in [2.75, 3.05) is 0 Å². The van der Waals surface area contributed by atoms with Gasteiger partial charge in [-0.25, -0.2) is 8.78 Å². The van der Waals surface area contributed by atoms with Gasteiger partial charge in [-0.1, -0.05) is 13.0 Å². The molecule has 0 heterocycles. The predicted molar refractivity (Wildman–Crippen MR) is 57.3 cm³/mol. The quantitative estimate of drug-likeness (QED) is 0.718. The first-order valence-electron chi connectivity index (χ1n) is 5.51. The van der Waals surface area contributed by atoms with Crippen LogP contribution >= 0.6 is 0 Å². The molecule has 86 valence electrons. The second-order valence-electron chi connectivity index (χ2n) is 4.55. The van der Waals surface area contributed by atoms with Crippen LogP contribution in [-0.4, -0.2) is 5.78 Å². The standard InChI is InChI=1S/C13H14F2O/c1-7-3-6-10(12(15)11(7)14)13(16)8(2)9-4-5-9/h3,6,8-9H,4-5H2,1-2H3. The van der Waals surface area contributed by atoms with Gasteiger partial charge in [0.25, 0.3) is 0 Å². The maximum absolute atomic E-state index is 13.6. The van der Waals surface area contributed by atoms with E-state index in [9.17, 15) is 13.6 Å². The van der Waals surface area contributed by atoms with E-state index < -0.39 is 11.6 Å². The van der Waals surface area contributed by atoms with Crippen molar-refractivity contribution in [2.24, 2.45) is 11.8 Å². The zero-order valence-electron chi connectivity index (χ0n) is 9.39. The molecule has 1 fully saturated rings. The van der Waals surface area contributed by atoms with Crippen molar-refractivity contribution >= 4 is 5.78 Å². The molecule has 16 heavy (non-hydrogen) atoms. The Balaban J connectivity index is 2.33. The number of hydrogen-bond donors (Lipinski definition) is 0. The van der Waals surface area contributed by atoms with Gasteiger partial charge in [-0.05, 0) is 37.3 Å². The Hall–Kier alpha value is -1.25. The van der Waals surface area contributed by atoms with E-state index in [1.54, 1.807) is 6.92 Å². The fourth-order valence-corrected chi connectivity index (χ4v) is 1.89. The second-order valence-corrected chi connectivity index (χ2v) is 4.55. The van der Waals surface area contributed by atoms with E-state index >= 15 is 0 Å². The topological polar surface area (TPSA) is 17.1 Å². The van der Waals surface area contributed by atoms with E-state index in [1.165, 1.54) is 19.1 Å². The summed E-state index contributed by atoms with van der Waals surface area (Å²) >= 11 is 0. The Morgan fingerprint density at radius 2 is 1.94 bits per heavy atom. The van der Waals surface area contributed by atoms with E-state index in [-0.39, 0.29) is 22.8 Å². The number of Topliss-reactive ketones (excluding diaryl/α,β-unsaturated/α-hetero) is 1. The summed E-state index contributed by atoms with van der Waals surface area (Å²) in [7, 11) is 0. The molecule has 0 amide bonds. The van der Waals surface area contributed by atoms with Crippen molar-refractivity contribution in [1.82, 2.24) is 0 Å². The van der Waals surface area contributed by atoms with Crippen LogP contribution in [0.15, 0.2) is 12.1 Å². The molecule has 1 aliphatic rings. The third kappa shape index (κ3) is 1.86. The van der Waals surface area contributed by atoms with Gasteiger partial charge in [0.15, 0.2) is 17.4 Å². The van der Waals surface area contributed by atoms with Gasteiger partial charge in [-0.2, -0.15) is 0 Å². The second kappa shape index (κ2) is 3.96. The SMILES string of the molecule is Cc1ccc(C(=O)C(C)C2CC2)c(F)c1F. The Morgan fingerprint density at radius 1 is 1.31 bits per heavy atom. The van der Waals surface area contributed by atoms with Crippen molar-refractivity contribution in [3.05, 3.63) is 34.9 Å². The number of benzene rings is 1. The highest BCUT2D eigenvalue weighted by Gasteiger charge is 2.34. The highest BCUT2D eigenvalue weighted by atomic mass is 19.2. The number of hydrogen-bond acceptors (Lipinski definition) is 1. The molecule has 1 atom stereocenters. The number of aryl methyl sites for hydroxylation is 1. The van der Waals surface area contributed by atoms with Crippen LogP contribution in [0.2, 0.25) is 0 Å². The Bertz CT molecular complexity index is 436. The monoisotopic (exact) mass is 224 g/mol. The Kier molecular flexibility index (Phi) is 2.78. The molecule has 0 spiro atoms. The molecule has 1 aromatic rings. The van der Waals surface area contributed by atoms with E-state index in [1.807, 2.05) is 0 Å². The summed E-state index contributed by atoms with van der Waals surface area (Å²) in [6.07, 6.45) is 2.03. The first kappa shape index (κ1) is 11.2. The lowest BCUT2D eigenvalue weighted by Crippen LogP contribution is -2.15. The van der Waals surface area contributed by atoms with Crippen molar-refractivity contribution < 1.29 is 13.6 Å². The lowest BCUT2D eigenvalue weighted by Gasteiger charge is -2.10. The van der Waals surface area contributed by atoms with Crippen LogP contribution < -0.4 is 0 Å². The minimum Gasteiger partial charge on any atom is -0.294 e. The first-order valence-corrected chi connectivity index (χ1v) is 5.51. The Morgan fingerprint density at radius 3 is 2.50 bits per heavy atom. The first-order chi connectivity index (χ1) is 7.52. The number of ketones is 1. The summed E-state index contributed by atoms with van der Waals surface area (Å²) in [6, 6.07) is 2.83. The van der Waals surface area contributed by atoms with Crippen LogP contribution in [0, 0.1) is 30.4 Å². The van der Waals surface area contributed by atoms with Crippen LogP contribution in [0.5, 0.6) is 0 Å². The van der Waals surface area contributed by atoms with Crippen LogP contribution in [-0.2, 0) is 0 Å². The van der Waals surface area contributed by atoms with Crippen molar-refractivity contribution in [3.63, 3.8) is 0 Å². The van der Waals surface area contributed by atoms with E-state index in [2.05, 4.69) is 0 Å². The van der Waals surface area contributed by atoms with Gasteiger partial charge >= 0.3 is 0 Å². The van der Waals surface area contributed by atoms with Crippen LogP contribution in [0.1, 0.15) is 35.7 Å². The minimum absolute atomic E-state index is 0.109. The molecular formula is C13H14F2O. The summed E-state index contributed by atoms with van der Waals surface area (Å²) < 4.78 is 26.9. The van der Waals surface area contributed by atoms with E-state index in [0.29, 0.717) is 5.92 Å². The largest absolute Gasteiger partial charge is 0.294 e. The fraction of sp³-hybridized carbons (Fsp3) is 0.462. The molecule has 0 aliphatic heterocycles. The number of halogens is 2. The average Bonchev–Trinajstić information content (AvgIpc) is 3.08. The van der Waals surface area contributed by atoms with Crippen molar-refractivity contribution in [3.8, 4) is 0 Å². The molecule has 0 bridgehead atoms. The number of rotatable bonds is 3. The smallest absolute Gasteiger partial charge is 0.169 e. The maximum atomic E-state index is 13.6. The van der Waals surface area contributed by atoms with E-state index in [0.717, 1.165) is 12.8 Å². The number of carbonyl (C=O) groups excluding carboxylic acids is 1. The molecule has 2 rings (SSSR count). The molecule has 0 saturated heterocycles. The minimum atomic E-state index is -1.00. The van der Waals surface area contributed by atoms with Gasteiger partial charge in [-0.15, -0.1) is 0 Å². The molecule has 1 nitrogen and oxygen atoms in total. The summed E-state index contributed by atoms with van der Waals surface area (Å²) in [5.41, 5.74) is 0.121. The molecule has 1 aliphatic carbocycles. The van der Waals surface area contributed by atoms with Gasteiger partial charge in [0.1, 0.15) is 0 Å². The van der Waals surface area contributed by atoms with Crippen LogP contribution in [0.3, 0.4) is 0 Å². The maximum Gasteiger partial charge on any atom is 0.169 e. The van der Waals surface area contributed by atoms with Gasteiger partial charge in [0.2, 0.25) is 0 Å². The predicted octanol–water partition coefficient (Wildman–Crippen LogP) is 3.50.